The highest BCUT2D eigenvalue weighted by atomic mass is 35.5. The molecule has 2 aromatic carbocycles. The van der Waals surface area contributed by atoms with Crippen LogP contribution in [-0.2, 0) is 27.1 Å². The molecule has 0 aliphatic carbocycles. The van der Waals surface area contributed by atoms with Gasteiger partial charge in [0.25, 0.3) is 5.91 Å². The van der Waals surface area contributed by atoms with Gasteiger partial charge in [0.05, 0.1) is 11.6 Å². The van der Waals surface area contributed by atoms with Crippen LogP contribution in [0.15, 0.2) is 42.5 Å². The van der Waals surface area contributed by atoms with Crippen molar-refractivity contribution < 1.29 is 23.9 Å². The van der Waals surface area contributed by atoms with Crippen LogP contribution in [0, 0.1) is 18.8 Å². The Bertz CT molecular complexity index is 1540. The SMILES string of the molecule is Cc1ccc(-c2nc(NCC(Cc3cccc(C(=O)NCCNC(=O)OC(C)(C)C)c3)C(=O)OC(C)(C)C)sc2CC(C)C)cc1Cl. The van der Waals surface area contributed by atoms with Gasteiger partial charge in [-0.05, 0) is 96.6 Å². The number of hydrogen-bond acceptors (Lipinski definition) is 8. The van der Waals surface area contributed by atoms with E-state index < -0.39 is 23.2 Å². The number of hydrogen-bond donors (Lipinski definition) is 3. The highest BCUT2D eigenvalue weighted by Crippen LogP contribution is 2.35. The number of ether oxygens (including phenoxy) is 2. The summed E-state index contributed by atoms with van der Waals surface area (Å²) < 4.78 is 11.0. The van der Waals surface area contributed by atoms with Crippen molar-refractivity contribution in [3.8, 4) is 11.3 Å². The number of nitrogens with zero attached hydrogens (tertiary/aromatic N) is 1. The minimum Gasteiger partial charge on any atom is -0.460 e. The fourth-order valence-electron chi connectivity index (χ4n) is 4.62. The predicted octanol–water partition coefficient (Wildman–Crippen LogP) is 7.84. The van der Waals surface area contributed by atoms with Gasteiger partial charge in [-0.15, -0.1) is 11.3 Å². The van der Waals surface area contributed by atoms with Crippen LogP contribution < -0.4 is 16.0 Å². The number of thiazole rings is 1. The van der Waals surface area contributed by atoms with Gasteiger partial charge in [0, 0.05) is 40.7 Å². The van der Waals surface area contributed by atoms with Crippen molar-refractivity contribution in [3.63, 3.8) is 0 Å². The van der Waals surface area contributed by atoms with Crippen molar-refractivity contribution in [1.82, 2.24) is 15.6 Å². The van der Waals surface area contributed by atoms with Gasteiger partial charge in [-0.25, -0.2) is 9.78 Å². The first-order chi connectivity index (χ1) is 21.9. The molecule has 3 aromatic rings. The number of alkyl carbamates (subject to hydrolysis) is 1. The molecule has 11 heteroatoms. The van der Waals surface area contributed by atoms with Gasteiger partial charge in [0.2, 0.25) is 0 Å². The number of rotatable bonds is 13. The summed E-state index contributed by atoms with van der Waals surface area (Å²) in [5.41, 5.74) is 2.87. The van der Waals surface area contributed by atoms with Crippen LogP contribution in [0.4, 0.5) is 9.93 Å². The molecule has 0 fully saturated rings. The molecule has 47 heavy (non-hydrogen) atoms. The first kappa shape index (κ1) is 37.8. The van der Waals surface area contributed by atoms with Crippen LogP contribution in [-0.4, -0.2) is 53.8 Å². The van der Waals surface area contributed by atoms with Gasteiger partial charge in [0.15, 0.2) is 5.13 Å². The third-order valence-electron chi connectivity index (χ3n) is 6.73. The number of carbonyl (C=O) groups is 3. The molecule has 0 spiro atoms. The average molecular weight is 685 g/mol. The molecular formula is C36H49ClN4O5S. The van der Waals surface area contributed by atoms with E-state index in [-0.39, 0.29) is 25.0 Å². The Morgan fingerprint density at radius 3 is 2.23 bits per heavy atom. The summed E-state index contributed by atoms with van der Waals surface area (Å²) in [5.74, 6) is -0.727. The van der Waals surface area contributed by atoms with Crippen molar-refractivity contribution in [2.45, 2.75) is 86.4 Å². The molecular weight excluding hydrogens is 636 g/mol. The average Bonchev–Trinajstić information content (AvgIpc) is 3.34. The smallest absolute Gasteiger partial charge is 0.407 e. The second-order valence-electron chi connectivity index (χ2n) is 14.1. The van der Waals surface area contributed by atoms with E-state index in [0.717, 1.165) is 33.7 Å². The Hall–Kier alpha value is -3.63. The molecule has 1 aromatic heterocycles. The zero-order chi connectivity index (χ0) is 34.9. The molecule has 3 N–H and O–H groups in total. The normalized spacial score (nSPS) is 12.4. The van der Waals surface area contributed by atoms with Crippen LogP contribution in [0.25, 0.3) is 11.3 Å². The second kappa shape index (κ2) is 16.5. The summed E-state index contributed by atoms with van der Waals surface area (Å²) in [6.45, 7) is 18.0. The quantitative estimate of drug-likeness (QED) is 0.124. The van der Waals surface area contributed by atoms with E-state index >= 15 is 0 Å². The maximum Gasteiger partial charge on any atom is 0.407 e. The Balaban J connectivity index is 1.73. The molecule has 0 aliphatic rings. The fraction of sp³-hybridized carbons (Fsp3) is 0.500. The van der Waals surface area contributed by atoms with Crippen molar-refractivity contribution >= 4 is 46.0 Å². The van der Waals surface area contributed by atoms with Crippen molar-refractivity contribution in [2.75, 3.05) is 25.0 Å². The van der Waals surface area contributed by atoms with Gasteiger partial charge < -0.3 is 25.4 Å². The van der Waals surface area contributed by atoms with Gasteiger partial charge in [-0.2, -0.15) is 0 Å². The van der Waals surface area contributed by atoms with E-state index in [1.165, 1.54) is 0 Å². The number of amides is 2. The molecule has 0 saturated carbocycles. The van der Waals surface area contributed by atoms with Gasteiger partial charge in [0.1, 0.15) is 11.2 Å². The summed E-state index contributed by atoms with van der Waals surface area (Å²) in [5, 5.41) is 10.3. The molecule has 1 atom stereocenters. The van der Waals surface area contributed by atoms with Crippen LogP contribution in [0.1, 0.15) is 81.8 Å². The lowest BCUT2D eigenvalue weighted by atomic mass is 9.97. The number of nitrogens with one attached hydrogen (secondary N) is 3. The van der Waals surface area contributed by atoms with Crippen molar-refractivity contribution in [3.05, 3.63) is 69.1 Å². The van der Waals surface area contributed by atoms with Crippen LogP contribution in [0.5, 0.6) is 0 Å². The van der Waals surface area contributed by atoms with Crippen LogP contribution in [0.3, 0.4) is 0 Å². The van der Waals surface area contributed by atoms with Gasteiger partial charge in [-0.3, -0.25) is 9.59 Å². The van der Waals surface area contributed by atoms with Crippen LogP contribution in [0.2, 0.25) is 5.02 Å². The van der Waals surface area contributed by atoms with E-state index in [9.17, 15) is 14.4 Å². The second-order valence-corrected chi connectivity index (χ2v) is 15.5. The van der Waals surface area contributed by atoms with Crippen molar-refractivity contribution in [1.29, 1.82) is 0 Å². The fourth-order valence-corrected chi connectivity index (χ4v) is 6.00. The number of halogens is 1. The first-order valence-electron chi connectivity index (χ1n) is 16.0. The van der Waals surface area contributed by atoms with Gasteiger partial charge in [-0.1, -0.05) is 49.7 Å². The molecule has 1 unspecified atom stereocenters. The summed E-state index contributed by atoms with van der Waals surface area (Å²) in [6.07, 6.45) is 0.676. The maximum absolute atomic E-state index is 13.4. The molecule has 256 valence electrons. The number of carbonyl (C=O) groups excluding carboxylic acids is 3. The number of anilines is 1. The van der Waals surface area contributed by atoms with E-state index in [2.05, 4.69) is 29.8 Å². The molecule has 0 saturated heterocycles. The monoisotopic (exact) mass is 684 g/mol. The minimum absolute atomic E-state index is 0.223. The van der Waals surface area contributed by atoms with E-state index in [0.29, 0.717) is 34.6 Å². The number of benzene rings is 2. The Kier molecular flexibility index (Phi) is 13.2. The summed E-state index contributed by atoms with van der Waals surface area (Å²) in [4.78, 5) is 44.2. The third-order valence-corrected chi connectivity index (χ3v) is 8.17. The number of aryl methyl sites for hydroxylation is 1. The Morgan fingerprint density at radius 1 is 0.915 bits per heavy atom. The topological polar surface area (TPSA) is 119 Å². The largest absolute Gasteiger partial charge is 0.460 e. The summed E-state index contributed by atoms with van der Waals surface area (Å²) in [7, 11) is 0. The highest BCUT2D eigenvalue weighted by Gasteiger charge is 2.27. The molecule has 0 radical (unpaired) electrons. The Morgan fingerprint density at radius 2 is 1.60 bits per heavy atom. The molecule has 2 amide bonds. The summed E-state index contributed by atoms with van der Waals surface area (Å²) in [6, 6.07) is 13.2. The van der Waals surface area contributed by atoms with Gasteiger partial charge >= 0.3 is 12.1 Å². The molecule has 0 aliphatic heterocycles. The lowest BCUT2D eigenvalue weighted by molar-refractivity contribution is -0.159. The zero-order valence-electron chi connectivity index (χ0n) is 29.0. The number of esters is 1. The molecule has 9 nitrogen and oxygen atoms in total. The maximum atomic E-state index is 13.4. The lowest BCUT2D eigenvalue weighted by Gasteiger charge is -2.24. The lowest BCUT2D eigenvalue weighted by Crippen LogP contribution is -2.37. The van der Waals surface area contributed by atoms with E-state index in [1.54, 1.807) is 50.3 Å². The predicted molar refractivity (Wildman–Crippen MR) is 190 cm³/mol. The van der Waals surface area contributed by atoms with E-state index in [4.69, 9.17) is 26.1 Å². The summed E-state index contributed by atoms with van der Waals surface area (Å²) >= 11 is 8.03. The van der Waals surface area contributed by atoms with E-state index in [1.807, 2.05) is 52.0 Å². The highest BCUT2D eigenvalue weighted by molar-refractivity contribution is 7.16. The van der Waals surface area contributed by atoms with Crippen LogP contribution >= 0.6 is 22.9 Å². The minimum atomic E-state index is -0.659. The molecule has 3 rings (SSSR count). The van der Waals surface area contributed by atoms with Crippen molar-refractivity contribution in [2.24, 2.45) is 11.8 Å². The Labute approximate surface area is 288 Å². The first-order valence-corrected chi connectivity index (χ1v) is 17.2. The molecule has 0 bridgehead atoms. The third kappa shape index (κ3) is 12.8. The standard InChI is InChI=1S/C36H49ClN4O5S/c1-22(2)17-29-30(25-14-13-23(3)28(37)20-25)41-33(47-29)40-21-27(32(43)45-35(4,5)6)19-24-11-10-12-26(18-24)31(42)38-15-16-39-34(44)46-36(7,8)9/h10-14,18,20,22,27H,15-17,19,21H2,1-9H3,(H,38,42)(H,39,44)(H,40,41). The number of aromatic nitrogens is 1. The zero-order valence-corrected chi connectivity index (χ0v) is 30.6. The molecule has 1 heterocycles.